The van der Waals surface area contributed by atoms with Gasteiger partial charge in [-0.25, -0.2) is 0 Å². The van der Waals surface area contributed by atoms with Gasteiger partial charge in [-0.1, -0.05) is 12.2 Å². The molecule has 0 heterocycles. The molecule has 0 aliphatic carbocycles. The van der Waals surface area contributed by atoms with Crippen LogP contribution in [0, 0.1) is 0 Å². The summed E-state index contributed by atoms with van der Waals surface area (Å²) in [5, 5.41) is 3.10. The third-order valence-electron chi connectivity index (χ3n) is 2.57. The topological polar surface area (TPSA) is 35.6 Å². The number of nitrogens with zero attached hydrogens (tertiary/aromatic N) is 2. The Kier molecular flexibility index (Phi) is 8.72. The summed E-state index contributed by atoms with van der Waals surface area (Å²) in [5.41, 5.74) is 1.03. The lowest BCUT2D eigenvalue weighted by Crippen LogP contribution is -2.40. The van der Waals surface area contributed by atoms with E-state index < -0.39 is 0 Å². The average Bonchev–Trinajstić information content (AvgIpc) is 2.25. The molecule has 0 aromatic heterocycles. The van der Waals surface area contributed by atoms with Crippen molar-refractivity contribution in [1.29, 1.82) is 0 Å². The quantitative estimate of drug-likeness (QED) is 0.482. The van der Waals surface area contributed by atoms with Gasteiger partial charge in [0.05, 0.1) is 6.54 Å². The Hall–Kier alpha value is -0.870. The maximum absolute atomic E-state index is 12.0. The third-order valence-corrected chi connectivity index (χ3v) is 2.57. The van der Waals surface area contributed by atoms with Crippen LogP contribution in [0.25, 0.3) is 0 Å². The molecule has 0 saturated carbocycles. The zero-order chi connectivity index (χ0) is 13.3. The molecule has 0 bridgehead atoms. The van der Waals surface area contributed by atoms with Gasteiger partial charge in [0.25, 0.3) is 0 Å². The molecule has 1 amide bonds. The van der Waals surface area contributed by atoms with Crippen molar-refractivity contribution >= 4 is 5.91 Å². The van der Waals surface area contributed by atoms with Crippen molar-refractivity contribution in [2.24, 2.45) is 0 Å². The predicted molar refractivity (Wildman–Crippen MR) is 73.1 cm³/mol. The zero-order valence-electron chi connectivity index (χ0n) is 11.8. The van der Waals surface area contributed by atoms with Crippen molar-refractivity contribution in [3.8, 4) is 0 Å². The van der Waals surface area contributed by atoms with Crippen LogP contribution < -0.4 is 5.32 Å². The van der Waals surface area contributed by atoms with Gasteiger partial charge in [-0.15, -0.1) is 0 Å². The number of hydrogen-bond donors (Lipinski definition) is 1. The minimum atomic E-state index is 0.183. The smallest absolute Gasteiger partial charge is 0.237 e. The van der Waals surface area contributed by atoms with E-state index in [1.165, 1.54) is 0 Å². The number of amides is 1. The van der Waals surface area contributed by atoms with E-state index in [0.29, 0.717) is 13.1 Å². The van der Waals surface area contributed by atoms with Gasteiger partial charge in [0.15, 0.2) is 0 Å². The summed E-state index contributed by atoms with van der Waals surface area (Å²) in [5.74, 6) is 0.183. The maximum atomic E-state index is 12.0. The molecule has 0 radical (unpaired) electrons. The van der Waals surface area contributed by atoms with Crippen LogP contribution in [0.1, 0.15) is 20.3 Å². The molecule has 0 saturated heterocycles. The fourth-order valence-corrected chi connectivity index (χ4v) is 1.64. The Labute approximate surface area is 106 Å². The molecule has 4 heteroatoms. The molecule has 0 fully saturated rings. The van der Waals surface area contributed by atoms with Crippen LogP contribution in [-0.2, 0) is 4.79 Å². The number of rotatable bonds is 9. The summed E-state index contributed by atoms with van der Waals surface area (Å²) in [7, 11) is 3.93. The number of carbonyl (C=O) groups excluding carboxylic acids is 1. The van der Waals surface area contributed by atoms with Crippen molar-refractivity contribution in [1.82, 2.24) is 15.1 Å². The molecule has 100 valence electrons. The molecule has 0 aliphatic rings. The van der Waals surface area contributed by atoms with Gasteiger partial charge in [0, 0.05) is 13.1 Å². The molecule has 1 N–H and O–H groups in total. The van der Waals surface area contributed by atoms with Crippen LogP contribution in [0.3, 0.4) is 0 Å². The fourth-order valence-electron chi connectivity index (χ4n) is 1.64. The van der Waals surface area contributed by atoms with Crippen LogP contribution in [0.2, 0.25) is 0 Å². The van der Waals surface area contributed by atoms with Crippen molar-refractivity contribution in [2.45, 2.75) is 20.3 Å². The van der Waals surface area contributed by atoms with E-state index in [-0.39, 0.29) is 5.91 Å². The van der Waals surface area contributed by atoms with Gasteiger partial charge < -0.3 is 10.2 Å². The van der Waals surface area contributed by atoms with Crippen molar-refractivity contribution in [3.05, 3.63) is 12.2 Å². The van der Waals surface area contributed by atoms with Crippen molar-refractivity contribution in [2.75, 3.05) is 46.8 Å². The molecule has 0 rings (SSSR count). The largest absolute Gasteiger partial charge is 0.338 e. The van der Waals surface area contributed by atoms with Crippen LogP contribution in [0.5, 0.6) is 0 Å². The molecular weight excluding hydrogens is 214 g/mol. The van der Waals surface area contributed by atoms with Crippen LogP contribution in [0.4, 0.5) is 0 Å². The molecule has 0 aromatic rings. The normalized spacial score (nSPS) is 10.6. The highest BCUT2D eigenvalue weighted by molar-refractivity contribution is 5.78. The lowest BCUT2D eigenvalue weighted by Gasteiger charge is -2.24. The molecule has 0 aromatic carbocycles. The highest BCUT2D eigenvalue weighted by Gasteiger charge is 2.13. The maximum Gasteiger partial charge on any atom is 0.237 e. The van der Waals surface area contributed by atoms with Crippen molar-refractivity contribution in [3.63, 3.8) is 0 Å². The van der Waals surface area contributed by atoms with E-state index in [1.807, 2.05) is 32.8 Å². The summed E-state index contributed by atoms with van der Waals surface area (Å²) >= 11 is 0. The van der Waals surface area contributed by atoms with E-state index in [2.05, 4.69) is 16.8 Å². The highest BCUT2D eigenvalue weighted by atomic mass is 16.2. The summed E-state index contributed by atoms with van der Waals surface area (Å²) < 4.78 is 0. The number of carbonyl (C=O) groups is 1. The minimum Gasteiger partial charge on any atom is -0.338 e. The number of hydrogen-bond acceptors (Lipinski definition) is 3. The van der Waals surface area contributed by atoms with Crippen molar-refractivity contribution < 1.29 is 4.79 Å². The standard InChI is InChI=1S/C13H27N3O/c1-6-16(10-12(2)3)13(17)11-15(5)9-7-8-14-4/h14H,2,6-11H2,1,3-5H3. The van der Waals surface area contributed by atoms with E-state index in [0.717, 1.165) is 31.6 Å². The average molecular weight is 241 g/mol. The zero-order valence-corrected chi connectivity index (χ0v) is 11.8. The Balaban J connectivity index is 3.99. The highest BCUT2D eigenvalue weighted by Crippen LogP contribution is 1.98. The Morgan fingerprint density at radius 3 is 2.47 bits per heavy atom. The molecule has 0 unspecified atom stereocenters. The van der Waals surface area contributed by atoms with Gasteiger partial charge in [-0.05, 0) is 47.5 Å². The van der Waals surface area contributed by atoms with E-state index >= 15 is 0 Å². The molecule has 0 atom stereocenters. The van der Waals surface area contributed by atoms with E-state index in [1.54, 1.807) is 0 Å². The molecular formula is C13H27N3O. The SMILES string of the molecule is C=C(C)CN(CC)C(=O)CN(C)CCCNC. The Morgan fingerprint density at radius 1 is 1.35 bits per heavy atom. The lowest BCUT2D eigenvalue weighted by molar-refractivity contribution is -0.131. The minimum absolute atomic E-state index is 0.183. The summed E-state index contributed by atoms with van der Waals surface area (Å²) in [6.45, 7) is 11.6. The van der Waals surface area contributed by atoms with Gasteiger partial charge in [0.2, 0.25) is 5.91 Å². The first-order valence-electron chi connectivity index (χ1n) is 6.26. The molecule has 4 nitrogen and oxygen atoms in total. The van der Waals surface area contributed by atoms with E-state index in [4.69, 9.17) is 0 Å². The van der Waals surface area contributed by atoms with Crippen LogP contribution in [-0.4, -0.2) is 62.5 Å². The van der Waals surface area contributed by atoms with Crippen LogP contribution >= 0.6 is 0 Å². The van der Waals surface area contributed by atoms with E-state index in [9.17, 15) is 4.79 Å². The first-order chi connectivity index (χ1) is 8.01. The monoisotopic (exact) mass is 241 g/mol. The number of nitrogens with one attached hydrogen (secondary N) is 1. The summed E-state index contributed by atoms with van der Waals surface area (Å²) in [6.07, 6.45) is 1.06. The second kappa shape index (κ2) is 9.19. The van der Waals surface area contributed by atoms with Gasteiger partial charge in [-0.3, -0.25) is 9.69 Å². The van der Waals surface area contributed by atoms with Crippen LogP contribution in [0.15, 0.2) is 12.2 Å². The van der Waals surface area contributed by atoms with Gasteiger partial charge in [0.1, 0.15) is 0 Å². The first-order valence-corrected chi connectivity index (χ1v) is 6.26. The summed E-state index contributed by atoms with van der Waals surface area (Å²) in [4.78, 5) is 15.9. The fraction of sp³-hybridized carbons (Fsp3) is 0.769. The Bertz CT molecular complexity index is 241. The lowest BCUT2D eigenvalue weighted by atomic mass is 10.3. The second-order valence-electron chi connectivity index (χ2n) is 4.56. The molecule has 0 spiro atoms. The summed E-state index contributed by atoms with van der Waals surface area (Å²) in [6, 6.07) is 0. The first kappa shape index (κ1) is 16.1. The van der Waals surface area contributed by atoms with Gasteiger partial charge in [-0.2, -0.15) is 0 Å². The second-order valence-corrected chi connectivity index (χ2v) is 4.56. The molecule has 17 heavy (non-hydrogen) atoms. The predicted octanol–water partition coefficient (Wildman–Crippen LogP) is 0.952. The van der Waals surface area contributed by atoms with Gasteiger partial charge >= 0.3 is 0 Å². The third kappa shape index (κ3) is 7.94. The number of likely N-dealkylation sites (N-methyl/N-ethyl adjacent to an activating group) is 2. The molecule has 0 aliphatic heterocycles. The Morgan fingerprint density at radius 2 is 2.00 bits per heavy atom.